The second-order valence-corrected chi connectivity index (χ2v) is 4.28. The fourth-order valence-electron chi connectivity index (χ4n) is 2.19. The number of nitrogen functional groups attached to an aromatic ring is 1. The van der Waals surface area contributed by atoms with Crippen molar-refractivity contribution in [1.82, 2.24) is 10.1 Å². The predicted octanol–water partition coefficient (Wildman–Crippen LogP) is 1.62. The molecular weight excluding hydrogens is 228 g/mol. The van der Waals surface area contributed by atoms with Gasteiger partial charge in [-0.1, -0.05) is 29.4 Å². The van der Waals surface area contributed by atoms with Crippen LogP contribution in [0.25, 0.3) is 11.1 Å². The highest BCUT2D eigenvalue weighted by molar-refractivity contribution is 6.05. The minimum absolute atomic E-state index is 0.337. The molecule has 92 valence electrons. The van der Waals surface area contributed by atoms with Crippen molar-refractivity contribution in [3.05, 3.63) is 36.0 Å². The highest BCUT2D eigenvalue weighted by atomic mass is 16.5. The van der Waals surface area contributed by atoms with Crippen molar-refractivity contribution in [2.75, 3.05) is 25.9 Å². The monoisotopic (exact) mass is 242 g/mol. The Labute approximate surface area is 105 Å². The second-order valence-electron chi connectivity index (χ2n) is 4.28. The van der Waals surface area contributed by atoms with Crippen LogP contribution < -0.4 is 5.73 Å². The first-order chi connectivity index (χ1) is 8.77. The lowest BCUT2D eigenvalue weighted by molar-refractivity contribution is 0.436. The molecule has 0 spiro atoms. The summed E-state index contributed by atoms with van der Waals surface area (Å²) in [6, 6.07) is 8.02. The SMILES string of the molecule is CN1CCN=C1c1ccccc1-c1cnoc1N. The van der Waals surface area contributed by atoms with E-state index in [4.69, 9.17) is 10.3 Å². The summed E-state index contributed by atoms with van der Waals surface area (Å²) in [5, 5.41) is 3.73. The molecule has 0 atom stereocenters. The van der Waals surface area contributed by atoms with Gasteiger partial charge in [0.05, 0.1) is 18.3 Å². The molecule has 2 aromatic rings. The van der Waals surface area contributed by atoms with Crippen molar-refractivity contribution in [3.8, 4) is 11.1 Å². The molecule has 2 N–H and O–H groups in total. The number of rotatable bonds is 2. The fourth-order valence-corrected chi connectivity index (χ4v) is 2.19. The standard InChI is InChI=1S/C13H14N4O/c1-17-7-6-15-13(17)10-5-3-2-4-9(10)11-8-16-18-12(11)14/h2-5,8H,6-7,14H2,1H3. The van der Waals surface area contributed by atoms with Crippen LogP contribution in [-0.4, -0.2) is 36.0 Å². The van der Waals surface area contributed by atoms with Gasteiger partial charge in [-0.2, -0.15) is 0 Å². The Kier molecular flexibility index (Phi) is 2.51. The van der Waals surface area contributed by atoms with Crippen LogP contribution in [0.15, 0.2) is 40.0 Å². The van der Waals surface area contributed by atoms with Gasteiger partial charge in [-0.3, -0.25) is 4.99 Å². The maximum absolute atomic E-state index is 5.79. The van der Waals surface area contributed by atoms with Crippen LogP contribution in [0.2, 0.25) is 0 Å². The predicted molar refractivity (Wildman–Crippen MR) is 70.4 cm³/mol. The van der Waals surface area contributed by atoms with Crippen molar-refractivity contribution in [2.45, 2.75) is 0 Å². The number of hydrogen-bond donors (Lipinski definition) is 1. The Morgan fingerprint density at radius 1 is 1.22 bits per heavy atom. The number of aliphatic imine (C=N–C) groups is 1. The van der Waals surface area contributed by atoms with Gasteiger partial charge in [0, 0.05) is 19.2 Å². The van der Waals surface area contributed by atoms with Gasteiger partial charge in [-0.25, -0.2) is 0 Å². The van der Waals surface area contributed by atoms with Crippen molar-refractivity contribution in [2.24, 2.45) is 4.99 Å². The molecule has 2 heterocycles. The van der Waals surface area contributed by atoms with Gasteiger partial charge in [0.25, 0.3) is 0 Å². The average Bonchev–Trinajstić information content (AvgIpc) is 2.98. The number of anilines is 1. The molecule has 5 heteroatoms. The molecule has 0 radical (unpaired) electrons. The summed E-state index contributed by atoms with van der Waals surface area (Å²) in [4.78, 5) is 6.68. The Bertz CT molecular complexity index is 603. The van der Waals surface area contributed by atoms with Gasteiger partial charge in [0.1, 0.15) is 5.84 Å². The number of likely N-dealkylation sites (N-methyl/N-ethyl adjacent to an activating group) is 1. The third-order valence-electron chi connectivity index (χ3n) is 3.12. The molecule has 1 aliphatic rings. The van der Waals surface area contributed by atoms with Crippen LogP contribution in [-0.2, 0) is 0 Å². The molecule has 1 aromatic carbocycles. The first-order valence-corrected chi connectivity index (χ1v) is 5.83. The molecule has 0 aliphatic carbocycles. The summed E-state index contributed by atoms with van der Waals surface area (Å²) in [7, 11) is 2.04. The Balaban J connectivity index is 2.14. The third-order valence-corrected chi connectivity index (χ3v) is 3.12. The van der Waals surface area contributed by atoms with Crippen LogP contribution >= 0.6 is 0 Å². The Morgan fingerprint density at radius 2 is 2.00 bits per heavy atom. The van der Waals surface area contributed by atoms with Gasteiger partial charge in [0.2, 0.25) is 5.88 Å². The third kappa shape index (κ3) is 1.64. The smallest absolute Gasteiger partial charge is 0.229 e. The summed E-state index contributed by atoms with van der Waals surface area (Å²) in [6.07, 6.45) is 1.64. The lowest BCUT2D eigenvalue weighted by Gasteiger charge is -2.16. The average molecular weight is 242 g/mol. The van der Waals surface area contributed by atoms with Gasteiger partial charge in [-0.05, 0) is 5.56 Å². The fraction of sp³-hybridized carbons (Fsp3) is 0.231. The molecular formula is C13H14N4O. The van der Waals surface area contributed by atoms with E-state index in [9.17, 15) is 0 Å². The van der Waals surface area contributed by atoms with E-state index in [0.29, 0.717) is 5.88 Å². The van der Waals surface area contributed by atoms with Crippen molar-refractivity contribution >= 4 is 11.7 Å². The molecule has 0 saturated heterocycles. The number of nitrogens with zero attached hydrogens (tertiary/aromatic N) is 3. The van der Waals surface area contributed by atoms with E-state index < -0.39 is 0 Å². The summed E-state index contributed by atoms with van der Waals surface area (Å²) in [5.74, 6) is 1.33. The molecule has 3 rings (SSSR count). The summed E-state index contributed by atoms with van der Waals surface area (Å²) >= 11 is 0. The van der Waals surface area contributed by atoms with E-state index in [2.05, 4.69) is 15.0 Å². The summed E-state index contributed by atoms with van der Waals surface area (Å²) in [6.45, 7) is 1.78. The highest BCUT2D eigenvalue weighted by Gasteiger charge is 2.20. The number of hydrogen-bond acceptors (Lipinski definition) is 5. The second kappa shape index (κ2) is 4.18. The molecule has 18 heavy (non-hydrogen) atoms. The largest absolute Gasteiger partial charge is 0.367 e. The molecule has 0 amide bonds. The Morgan fingerprint density at radius 3 is 2.61 bits per heavy atom. The maximum atomic E-state index is 5.79. The van der Waals surface area contributed by atoms with Gasteiger partial charge in [-0.15, -0.1) is 0 Å². The molecule has 5 nitrogen and oxygen atoms in total. The summed E-state index contributed by atoms with van der Waals surface area (Å²) in [5.41, 5.74) is 8.67. The van der Waals surface area contributed by atoms with Gasteiger partial charge < -0.3 is 15.2 Å². The first kappa shape index (κ1) is 10.8. The zero-order valence-corrected chi connectivity index (χ0v) is 10.1. The highest BCUT2D eigenvalue weighted by Crippen LogP contribution is 2.29. The van der Waals surface area contributed by atoms with Crippen LogP contribution in [0.4, 0.5) is 5.88 Å². The zero-order valence-electron chi connectivity index (χ0n) is 10.1. The lowest BCUT2D eigenvalue weighted by Crippen LogP contribution is -2.23. The lowest BCUT2D eigenvalue weighted by atomic mass is 10.0. The topological polar surface area (TPSA) is 67.7 Å². The van der Waals surface area contributed by atoms with E-state index >= 15 is 0 Å². The van der Waals surface area contributed by atoms with E-state index in [1.165, 1.54) is 0 Å². The summed E-state index contributed by atoms with van der Waals surface area (Å²) < 4.78 is 4.94. The van der Waals surface area contributed by atoms with E-state index in [-0.39, 0.29) is 0 Å². The van der Waals surface area contributed by atoms with E-state index in [1.54, 1.807) is 6.20 Å². The molecule has 0 bridgehead atoms. The van der Waals surface area contributed by atoms with E-state index in [1.807, 2.05) is 31.3 Å². The molecule has 0 saturated carbocycles. The number of amidine groups is 1. The Hall–Kier alpha value is -2.30. The number of nitrogens with two attached hydrogens (primary N) is 1. The van der Waals surface area contributed by atoms with E-state index in [0.717, 1.165) is 35.6 Å². The van der Waals surface area contributed by atoms with Crippen LogP contribution in [0.1, 0.15) is 5.56 Å². The molecule has 0 fully saturated rings. The number of benzene rings is 1. The van der Waals surface area contributed by atoms with Crippen LogP contribution in [0, 0.1) is 0 Å². The van der Waals surface area contributed by atoms with Crippen molar-refractivity contribution in [1.29, 1.82) is 0 Å². The maximum Gasteiger partial charge on any atom is 0.229 e. The first-order valence-electron chi connectivity index (χ1n) is 5.83. The van der Waals surface area contributed by atoms with Crippen LogP contribution in [0.3, 0.4) is 0 Å². The minimum Gasteiger partial charge on any atom is -0.367 e. The minimum atomic E-state index is 0.337. The number of aromatic nitrogens is 1. The molecule has 0 unspecified atom stereocenters. The molecule has 1 aliphatic heterocycles. The quantitative estimate of drug-likeness (QED) is 0.868. The van der Waals surface area contributed by atoms with Gasteiger partial charge >= 0.3 is 0 Å². The zero-order chi connectivity index (χ0) is 12.5. The van der Waals surface area contributed by atoms with Crippen LogP contribution in [0.5, 0.6) is 0 Å². The van der Waals surface area contributed by atoms with Crippen molar-refractivity contribution in [3.63, 3.8) is 0 Å². The normalized spacial score (nSPS) is 14.9. The molecule has 1 aromatic heterocycles. The van der Waals surface area contributed by atoms with Gasteiger partial charge in [0.15, 0.2) is 0 Å². The van der Waals surface area contributed by atoms with Crippen molar-refractivity contribution < 1.29 is 4.52 Å².